The van der Waals surface area contributed by atoms with Crippen LogP contribution in [0.3, 0.4) is 0 Å². The van der Waals surface area contributed by atoms with Crippen LogP contribution in [-0.2, 0) is 9.47 Å². The molecule has 0 N–H and O–H groups in total. The van der Waals surface area contributed by atoms with Crippen molar-refractivity contribution < 1.29 is 9.47 Å². The molecule has 0 bridgehead atoms. The second-order valence-corrected chi connectivity index (χ2v) is 8.72. The van der Waals surface area contributed by atoms with Gasteiger partial charge in [-0.1, -0.05) is 0 Å². The van der Waals surface area contributed by atoms with E-state index >= 15 is 0 Å². The van der Waals surface area contributed by atoms with Gasteiger partial charge in [0.05, 0.1) is 24.4 Å². The molecular formula is C21H44N2O2. The number of likely N-dealkylation sites (tertiary alicyclic amines) is 2. The molecule has 0 amide bonds. The highest BCUT2D eigenvalue weighted by atomic mass is 16.5. The predicted octanol–water partition coefficient (Wildman–Crippen LogP) is 4.18. The number of ether oxygens (including phenoxy) is 2. The molecule has 2 rings (SSSR count). The second kappa shape index (κ2) is 11.5. The summed E-state index contributed by atoms with van der Waals surface area (Å²) in [6.45, 7) is 22.2. The highest BCUT2D eigenvalue weighted by molar-refractivity contribution is 4.78. The predicted molar refractivity (Wildman–Crippen MR) is 107 cm³/mol. The van der Waals surface area contributed by atoms with E-state index < -0.39 is 0 Å². The molecule has 0 saturated carbocycles. The summed E-state index contributed by atoms with van der Waals surface area (Å²) in [7, 11) is 0. The van der Waals surface area contributed by atoms with Crippen molar-refractivity contribution in [2.45, 2.75) is 111 Å². The molecule has 2 unspecified atom stereocenters. The number of hydrogen-bond donors (Lipinski definition) is 0. The topological polar surface area (TPSA) is 24.9 Å². The van der Waals surface area contributed by atoms with E-state index in [-0.39, 0.29) is 0 Å². The summed E-state index contributed by atoms with van der Waals surface area (Å²) in [6.07, 6.45) is 5.43. The minimum Gasteiger partial charge on any atom is -0.374 e. The Morgan fingerprint density at radius 3 is 1.48 bits per heavy atom. The van der Waals surface area contributed by atoms with Crippen LogP contribution in [0.5, 0.6) is 0 Å². The van der Waals surface area contributed by atoms with Crippen LogP contribution < -0.4 is 0 Å². The normalized spacial score (nSPS) is 25.9. The van der Waals surface area contributed by atoms with Crippen LogP contribution in [0, 0.1) is 0 Å². The summed E-state index contributed by atoms with van der Waals surface area (Å²) in [5.41, 5.74) is 0. The maximum Gasteiger partial charge on any atom is 0.0717 e. The van der Waals surface area contributed by atoms with Gasteiger partial charge >= 0.3 is 0 Å². The van der Waals surface area contributed by atoms with Gasteiger partial charge in [0.2, 0.25) is 0 Å². The summed E-state index contributed by atoms with van der Waals surface area (Å²) < 4.78 is 11.6. The van der Waals surface area contributed by atoms with Gasteiger partial charge in [-0.05, 0) is 81.2 Å². The zero-order valence-electron chi connectivity index (χ0n) is 18.1. The van der Waals surface area contributed by atoms with Crippen molar-refractivity contribution in [1.29, 1.82) is 0 Å². The van der Waals surface area contributed by atoms with Crippen molar-refractivity contribution in [2.24, 2.45) is 0 Å². The van der Waals surface area contributed by atoms with Crippen molar-refractivity contribution in [2.75, 3.05) is 26.2 Å². The van der Waals surface area contributed by atoms with E-state index in [1.807, 2.05) is 0 Å². The van der Waals surface area contributed by atoms with Crippen LogP contribution in [0.25, 0.3) is 0 Å². The van der Waals surface area contributed by atoms with Gasteiger partial charge in [-0.15, -0.1) is 0 Å². The minimum absolute atomic E-state index is 0.372. The molecule has 2 aliphatic rings. The molecule has 2 atom stereocenters. The van der Waals surface area contributed by atoms with Crippen LogP contribution in [0.4, 0.5) is 0 Å². The fraction of sp³-hybridized carbons (Fsp3) is 1.00. The summed E-state index contributed by atoms with van der Waals surface area (Å²) in [5.74, 6) is 0. The van der Waals surface area contributed by atoms with E-state index in [2.05, 4.69) is 65.2 Å². The largest absolute Gasteiger partial charge is 0.374 e. The summed E-state index contributed by atoms with van der Waals surface area (Å²) in [6, 6.07) is 1.34. The Balaban J connectivity index is 0.000000251. The summed E-state index contributed by atoms with van der Waals surface area (Å²) >= 11 is 0. The van der Waals surface area contributed by atoms with Crippen molar-refractivity contribution in [3.8, 4) is 0 Å². The Labute approximate surface area is 157 Å². The SMILES string of the molecule is CC(C)OC1CCCN(C(C)C)C1.CC(C)OC1CCN(C(C)C)C1. The quantitative estimate of drug-likeness (QED) is 0.713. The molecule has 0 aromatic heterocycles. The first kappa shape index (κ1) is 22.9. The molecule has 0 aromatic rings. The highest BCUT2D eigenvalue weighted by Gasteiger charge is 2.25. The van der Waals surface area contributed by atoms with E-state index in [0.29, 0.717) is 36.5 Å². The molecule has 2 aliphatic heterocycles. The fourth-order valence-corrected chi connectivity index (χ4v) is 3.65. The van der Waals surface area contributed by atoms with Crippen molar-refractivity contribution in [3.05, 3.63) is 0 Å². The lowest BCUT2D eigenvalue weighted by atomic mass is 10.1. The molecule has 4 heteroatoms. The Hall–Kier alpha value is -0.160. The molecule has 2 fully saturated rings. The Morgan fingerprint density at radius 1 is 0.640 bits per heavy atom. The maximum atomic E-state index is 5.83. The third-order valence-electron chi connectivity index (χ3n) is 4.98. The molecule has 2 heterocycles. The molecule has 150 valence electrons. The van der Waals surface area contributed by atoms with Gasteiger partial charge in [-0.3, -0.25) is 9.80 Å². The van der Waals surface area contributed by atoms with E-state index in [9.17, 15) is 0 Å². The van der Waals surface area contributed by atoms with Crippen LogP contribution in [-0.4, -0.2) is 72.5 Å². The van der Waals surface area contributed by atoms with E-state index in [4.69, 9.17) is 9.47 Å². The Morgan fingerprint density at radius 2 is 1.08 bits per heavy atom. The van der Waals surface area contributed by atoms with E-state index in [0.717, 1.165) is 13.1 Å². The van der Waals surface area contributed by atoms with Gasteiger partial charge in [0.1, 0.15) is 0 Å². The molecule has 0 aliphatic carbocycles. The molecular weight excluding hydrogens is 312 g/mol. The first-order valence-electron chi connectivity index (χ1n) is 10.5. The lowest BCUT2D eigenvalue weighted by molar-refractivity contribution is -0.0391. The lowest BCUT2D eigenvalue weighted by Crippen LogP contribution is -2.43. The number of hydrogen-bond acceptors (Lipinski definition) is 4. The lowest BCUT2D eigenvalue weighted by Gasteiger charge is -2.36. The van der Waals surface area contributed by atoms with Crippen molar-refractivity contribution >= 4 is 0 Å². The molecule has 2 saturated heterocycles. The molecule has 0 aromatic carbocycles. The molecule has 0 spiro atoms. The average molecular weight is 357 g/mol. The average Bonchev–Trinajstić information content (AvgIpc) is 2.95. The Kier molecular flexibility index (Phi) is 10.6. The summed E-state index contributed by atoms with van der Waals surface area (Å²) in [5, 5.41) is 0. The van der Waals surface area contributed by atoms with Crippen LogP contribution >= 0.6 is 0 Å². The zero-order chi connectivity index (χ0) is 19.0. The fourth-order valence-electron chi connectivity index (χ4n) is 3.65. The zero-order valence-corrected chi connectivity index (χ0v) is 18.1. The third kappa shape index (κ3) is 9.37. The van der Waals surface area contributed by atoms with E-state index in [1.54, 1.807) is 0 Å². The van der Waals surface area contributed by atoms with Crippen LogP contribution in [0.2, 0.25) is 0 Å². The first-order valence-corrected chi connectivity index (χ1v) is 10.5. The number of rotatable bonds is 6. The van der Waals surface area contributed by atoms with Gasteiger partial charge in [-0.2, -0.15) is 0 Å². The standard InChI is InChI=1S/C11H23NO.C10H21NO/c1-9(2)12-7-5-6-11(8-12)13-10(3)4;1-8(2)11-6-5-10(7-11)12-9(3)4/h9-11H,5-8H2,1-4H3;8-10H,5-7H2,1-4H3. The third-order valence-corrected chi connectivity index (χ3v) is 4.98. The van der Waals surface area contributed by atoms with E-state index in [1.165, 1.54) is 32.4 Å². The second-order valence-electron chi connectivity index (χ2n) is 8.72. The smallest absolute Gasteiger partial charge is 0.0717 e. The maximum absolute atomic E-state index is 5.83. The number of piperidine rings is 1. The Bertz CT molecular complexity index is 345. The van der Waals surface area contributed by atoms with Gasteiger partial charge in [0.25, 0.3) is 0 Å². The monoisotopic (exact) mass is 356 g/mol. The first-order chi connectivity index (χ1) is 11.7. The number of nitrogens with zero attached hydrogens (tertiary/aromatic N) is 2. The van der Waals surface area contributed by atoms with Crippen molar-refractivity contribution in [1.82, 2.24) is 9.80 Å². The van der Waals surface area contributed by atoms with Gasteiger partial charge < -0.3 is 9.47 Å². The molecule has 0 radical (unpaired) electrons. The van der Waals surface area contributed by atoms with Gasteiger partial charge in [0, 0.05) is 31.7 Å². The van der Waals surface area contributed by atoms with Crippen molar-refractivity contribution in [3.63, 3.8) is 0 Å². The van der Waals surface area contributed by atoms with Gasteiger partial charge in [-0.25, -0.2) is 0 Å². The van der Waals surface area contributed by atoms with Gasteiger partial charge in [0.15, 0.2) is 0 Å². The summed E-state index contributed by atoms with van der Waals surface area (Å²) in [4.78, 5) is 4.99. The molecule has 25 heavy (non-hydrogen) atoms. The molecule has 4 nitrogen and oxygen atoms in total. The van der Waals surface area contributed by atoms with Crippen LogP contribution in [0.15, 0.2) is 0 Å². The van der Waals surface area contributed by atoms with Crippen LogP contribution in [0.1, 0.15) is 74.7 Å². The highest BCUT2D eigenvalue weighted by Crippen LogP contribution is 2.17. The minimum atomic E-state index is 0.372.